The molecule has 9 heteroatoms. The van der Waals surface area contributed by atoms with Crippen LogP contribution in [0.5, 0.6) is 0 Å². The number of ether oxygens (including phenoxy) is 1. The first kappa shape index (κ1) is 23.9. The molecule has 1 saturated carbocycles. The third kappa shape index (κ3) is 4.84. The fourth-order valence-electron chi connectivity index (χ4n) is 4.33. The third-order valence-electron chi connectivity index (χ3n) is 6.25. The van der Waals surface area contributed by atoms with E-state index in [4.69, 9.17) is 4.74 Å². The van der Waals surface area contributed by atoms with Crippen LogP contribution in [0, 0.1) is 6.92 Å². The van der Waals surface area contributed by atoms with Crippen molar-refractivity contribution in [3.05, 3.63) is 47.5 Å². The molecule has 1 atom stereocenters. The highest BCUT2D eigenvalue weighted by atomic mass is 16.5. The van der Waals surface area contributed by atoms with Crippen molar-refractivity contribution in [3.8, 4) is 0 Å². The van der Waals surface area contributed by atoms with Crippen LogP contribution >= 0.6 is 0 Å². The molecule has 2 aromatic rings. The molecule has 2 N–H and O–H groups in total. The first-order valence-electron chi connectivity index (χ1n) is 11.9. The van der Waals surface area contributed by atoms with Gasteiger partial charge in [0.2, 0.25) is 5.91 Å². The van der Waals surface area contributed by atoms with Gasteiger partial charge in [-0.2, -0.15) is 0 Å². The molecular weight excluding hydrogens is 434 g/mol. The van der Waals surface area contributed by atoms with E-state index in [1.165, 1.54) is 6.33 Å². The maximum absolute atomic E-state index is 13.6. The van der Waals surface area contributed by atoms with Crippen molar-refractivity contribution in [2.24, 2.45) is 0 Å². The Hall–Kier alpha value is -3.20. The van der Waals surface area contributed by atoms with E-state index in [2.05, 4.69) is 15.6 Å². The number of imidazole rings is 1. The van der Waals surface area contributed by atoms with Gasteiger partial charge in [0.05, 0.1) is 19.0 Å². The van der Waals surface area contributed by atoms with E-state index in [1.54, 1.807) is 16.4 Å². The molecule has 2 heterocycles. The maximum atomic E-state index is 13.6. The highest BCUT2D eigenvalue weighted by Crippen LogP contribution is 2.38. The lowest BCUT2D eigenvalue weighted by Crippen LogP contribution is -2.64. The van der Waals surface area contributed by atoms with Gasteiger partial charge in [0.25, 0.3) is 11.8 Å². The summed E-state index contributed by atoms with van der Waals surface area (Å²) >= 11 is 0. The molecule has 3 amide bonds. The van der Waals surface area contributed by atoms with Gasteiger partial charge in [-0.15, -0.1) is 0 Å². The summed E-state index contributed by atoms with van der Waals surface area (Å²) in [5.74, 6) is -0.983. The number of carbonyl (C=O) groups is 3. The number of nitrogens with one attached hydrogen (secondary N) is 2. The molecule has 2 aliphatic rings. The van der Waals surface area contributed by atoms with Crippen LogP contribution in [0.4, 0.5) is 5.69 Å². The van der Waals surface area contributed by atoms with Gasteiger partial charge in [-0.25, -0.2) is 4.98 Å². The molecule has 1 unspecified atom stereocenters. The van der Waals surface area contributed by atoms with Crippen LogP contribution in [0.25, 0.3) is 0 Å². The highest BCUT2D eigenvalue weighted by molar-refractivity contribution is 6.11. The zero-order valence-electron chi connectivity index (χ0n) is 20.3. The van der Waals surface area contributed by atoms with Crippen LogP contribution in [0.1, 0.15) is 66.6 Å². The fourth-order valence-corrected chi connectivity index (χ4v) is 4.33. The normalized spacial score (nSPS) is 19.8. The van der Waals surface area contributed by atoms with Gasteiger partial charge >= 0.3 is 0 Å². The Kier molecular flexibility index (Phi) is 6.74. The minimum absolute atomic E-state index is 0.0100. The fraction of sp³-hybridized carbons (Fsp3) is 0.520. The largest absolute Gasteiger partial charge is 0.379 e. The summed E-state index contributed by atoms with van der Waals surface area (Å²) in [6.45, 7) is 8.97. The summed E-state index contributed by atoms with van der Waals surface area (Å²) in [7, 11) is 0. The van der Waals surface area contributed by atoms with E-state index in [-0.39, 0.29) is 41.9 Å². The van der Waals surface area contributed by atoms with Crippen molar-refractivity contribution in [3.63, 3.8) is 0 Å². The number of nitrogens with zero attached hydrogens (tertiary/aromatic N) is 3. The van der Waals surface area contributed by atoms with Crippen molar-refractivity contribution < 1.29 is 19.1 Å². The summed E-state index contributed by atoms with van der Waals surface area (Å²) in [6, 6.07) is 7.40. The van der Waals surface area contributed by atoms with Gasteiger partial charge in [0, 0.05) is 24.9 Å². The smallest absolute Gasteiger partial charge is 0.276 e. The molecule has 1 aromatic heterocycles. The zero-order chi connectivity index (χ0) is 24.5. The lowest BCUT2D eigenvalue weighted by molar-refractivity contribution is -0.133. The molecule has 0 bridgehead atoms. The minimum atomic E-state index is -1.06. The monoisotopic (exact) mass is 467 g/mol. The Balaban J connectivity index is 1.52. The number of amides is 3. The highest BCUT2D eigenvalue weighted by Gasteiger charge is 2.53. The standard InChI is InChI=1S/C25H33N5O4/c1-16(2)34-13-5-12-26-24(33)25(4)14-29-15-27-20(21(29)23(32)30(25)19-10-11-19)22(31)28-18-8-6-17(3)7-9-18/h6-9,15-16,19H,5,10-14H2,1-4H3,(H,26,33)(H,28,31). The molecule has 4 rings (SSSR count). The van der Waals surface area contributed by atoms with E-state index in [0.717, 1.165) is 18.4 Å². The summed E-state index contributed by atoms with van der Waals surface area (Å²) in [5, 5.41) is 5.79. The Bertz CT molecular complexity index is 1070. The molecule has 0 spiro atoms. The second-order valence-corrected chi connectivity index (χ2v) is 9.60. The Morgan fingerprint density at radius 3 is 2.59 bits per heavy atom. The second kappa shape index (κ2) is 9.58. The molecule has 1 aliphatic heterocycles. The van der Waals surface area contributed by atoms with Gasteiger partial charge < -0.3 is 24.8 Å². The topological polar surface area (TPSA) is 106 Å². The minimum Gasteiger partial charge on any atom is -0.379 e. The molecule has 182 valence electrons. The number of rotatable bonds is 9. The van der Waals surface area contributed by atoms with E-state index in [1.807, 2.05) is 45.0 Å². The zero-order valence-corrected chi connectivity index (χ0v) is 20.3. The number of fused-ring (bicyclic) bond motifs is 1. The predicted octanol–water partition coefficient (Wildman–Crippen LogP) is 2.75. The van der Waals surface area contributed by atoms with Crippen LogP contribution < -0.4 is 10.6 Å². The summed E-state index contributed by atoms with van der Waals surface area (Å²) in [5.41, 5.74) is 0.954. The van der Waals surface area contributed by atoms with Crippen LogP contribution in [0.15, 0.2) is 30.6 Å². The Labute approximate surface area is 199 Å². The van der Waals surface area contributed by atoms with Crippen molar-refractivity contribution in [1.82, 2.24) is 19.8 Å². The molecule has 9 nitrogen and oxygen atoms in total. The van der Waals surface area contributed by atoms with E-state index in [0.29, 0.717) is 25.3 Å². The number of benzene rings is 1. The van der Waals surface area contributed by atoms with Crippen LogP contribution in [0.2, 0.25) is 0 Å². The molecule has 34 heavy (non-hydrogen) atoms. The van der Waals surface area contributed by atoms with Crippen molar-refractivity contribution in [2.75, 3.05) is 18.5 Å². The third-order valence-corrected chi connectivity index (χ3v) is 6.25. The van der Waals surface area contributed by atoms with Crippen LogP contribution in [-0.2, 0) is 16.1 Å². The summed E-state index contributed by atoms with van der Waals surface area (Å²) in [6.07, 6.45) is 4.00. The molecule has 1 aromatic carbocycles. The number of aryl methyl sites for hydroxylation is 1. The SMILES string of the molecule is Cc1ccc(NC(=O)c2ncn3c2C(=O)N(C2CC2)C(C)(C(=O)NCCCOC(C)C)C3)cc1. The Morgan fingerprint density at radius 1 is 1.24 bits per heavy atom. The average Bonchev–Trinajstić information content (AvgIpc) is 3.52. The quantitative estimate of drug-likeness (QED) is 0.552. The number of carbonyl (C=O) groups excluding carboxylic acids is 3. The molecule has 0 saturated heterocycles. The van der Waals surface area contributed by atoms with Crippen LogP contribution in [-0.4, -0.2) is 63.0 Å². The predicted molar refractivity (Wildman–Crippen MR) is 128 cm³/mol. The first-order valence-corrected chi connectivity index (χ1v) is 11.9. The van der Waals surface area contributed by atoms with Crippen molar-refractivity contribution in [2.45, 2.75) is 71.2 Å². The number of hydrogen-bond donors (Lipinski definition) is 2. The average molecular weight is 468 g/mol. The first-order chi connectivity index (χ1) is 16.2. The molecule has 1 aliphatic carbocycles. The van der Waals surface area contributed by atoms with Gasteiger partial charge in [-0.1, -0.05) is 17.7 Å². The van der Waals surface area contributed by atoms with Crippen molar-refractivity contribution >= 4 is 23.4 Å². The summed E-state index contributed by atoms with van der Waals surface area (Å²) in [4.78, 5) is 45.8. The number of anilines is 1. The number of aromatic nitrogens is 2. The molecule has 0 radical (unpaired) electrons. The number of hydrogen-bond acceptors (Lipinski definition) is 5. The van der Waals surface area contributed by atoms with E-state index in [9.17, 15) is 14.4 Å². The van der Waals surface area contributed by atoms with Crippen LogP contribution in [0.3, 0.4) is 0 Å². The van der Waals surface area contributed by atoms with Gasteiger partial charge in [-0.05, 0) is 59.1 Å². The molecule has 1 fully saturated rings. The van der Waals surface area contributed by atoms with Gasteiger partial charge in [0.15, 0.2) is 5.69 Å². The van der Waals surface area contributed by atoms with Gasteiger partial charge in [0.1, 0.15) is 11.2 Å². The lowest BCUT2D eigenvalue weighted by atomic mass is 9.94. The second-order valence-electron chi connectivity index (χ2n) is 9.60. The molecular formula is C25H33N5O4. The Morgan fingerprint density at radius 2 is 1.94 bits per heavy atom. The maximum Gasteiger partial charge on any atom is 0.276 e. The summed E-state index contributed by atoms with van der Waals surface area (Å²) < 4.78 is 7.17. The van der Waals surface area contributed by atoms with Crippen molar-refractivity contribution in [1.29, 1.82) is 0 Å². The lowest BCUT2D eigenvalue weighted by Gasteiger charge is -2.44. The van der Waals surface area contributed by atoms with E-state index >= 15 is 0 Å². The van der Waals surface area contributed by atoms with E-state index < -0.39 is 11.4 Å². The van der Waals surface area contributed by atoms with Gasteiger partial charge in [-0.3, -0.25) is 14.4 Å².